The van der Waals surface area contributed by atoms with Gasteiger partial charge in [-0.15, -0.1) is 0 Å². The third-order valence-corrected chi connectivity index (χ3v) is 3.47. The van der Waals surface area contributed by atoms with Crippen LogP contribution in [0.3, 0.4) is 0 Å². The van der Waals surface area contributed by atoms with Gasteiger partial charge < -0.3 is 10.4 Å². The molecule has 1 heterocycles. The van der Waals surface area contributed by atoms with Gasteiger partial charge >= 0.3 is 5.69 Å². The number of aliphatic hydroxyl groups excluding tert-OH is 1. The number of aryl methyl sites for hydroxylation is 2. The fourth-order valence-corrected chi connectivity index (χ4v) is 2.21. The van der Waals surface area contributed by atoms with Crippen LogP contribution in [0.2, 0.25) is 5.02 Å². The van der Waals surface area contributed by atoms with Crippen molar-refractivity contribution in [2.24, 2.45) is 7.05 Å². The lowest BCUT2D eigenvalue weighted by atomic mass is 10.1. The zero-order valence-corrected chi connectivity index (χ0v) is 12.6. The highest BCUT2D eigenvalue weighted by Gasteiger charge is 2.24. The van der Waals surface area contributed by atoms with E-state index in [1.165, 1.54) is 23.7 Å². The lowest BCUT2D eigenvalue weighted by Gasteiger charge is -2.13. The van der Waals surface area contributed by atoms with Gasteiger partial charge in [-0.25, -0.2) is 9.07 Å². The highest BCUT2D eigenvalue weighted by Crippen LogP contribution is 2.28. The number of nitrogens with one attached hydrogen (secondary N) is 1. The molecule has 7 nitrogen and oxygen atoms in total. The number of anilines is 1. The first-order valence-electron chi connectivity index (χ1n) is 6.36. The number of nitrogens with zero attached hydrogens (tertiary/aromatic N) is 3. The van der Waals surface area contributed by atoms with Crippen molar-refractivity contribution >= 4 is 23.1 Å². The molecule has 0 spiro atoms. The molecule has 2 rings (SSSR count). The van der Waals surface area contributed by atoms with Crippen molar-refractivity contribution in [1.29, 1.82) is 0 Å². The number of hydrogen-bond donors (Lipinski definition) is 2. The summed E-state index contributed by atoms with van der Waals surface area (Å²) in [5.41, 5.74) is 0.426. The van der Waals surface area contributed by atoms with Crippen LogP contribution in [0, 0.1) is 22.9 Å². The predicted octanol–water partition coefficient (Wildman–Crippen LogP) is 2.57. The minimum absolute atomic E-state index is 0.0400. The molecule has 0 fully saturated rings. The molecule has 9 heteroatoms. The Morgan fingerprint density at radius 3 is 2.86 bits per heavy atom. The Bertz CT molecular complexity index is 720. The summed E-state index contributed by atoms with van der Waals surface area (Å²) < 4.78 is 14.7. The van der Waals surface area contributed by atoms with E-state index in [9.17, 15) is 19.6 Å². The average Bonchev–Trinajstić information content (AvgIpc) is 2.73. The number of hydrogen-bond acceptors (Lipinski definition) is 5. The van der Waals surface area contributed by atoms with Crippen LogP contribution in [-0.4, -0.2) is 26.4 Å². The standard InChI is InChI=1S/C13H14ClFN4O3/c1-7-12(19(21)22)13(18(2)17-7)16-6-11(20)8-3-4-9(14)10(15)5-8/h3-5,11,16,20H,6H2,1-2H3. The molecular weight excluding hydrogens is 315 g/mol. The topological polar surface area (TPSA) is 93.2 Å². The normalized spacial score (nSPS) is 12.2. The highest BCUT2D eigenvalue weighted by molar-refractivity contribution is 6.30. The molecule has 0 saturated heterocycles. The Morgan fingerprint density at radius 2 is 2.27 bits per heavy atom. The minimum Gasteiger partial charge on any atom is -0.387 e. The number of aromatic nitrogens is 2. The van der Waals surface area contributed by atoms with Gasteiger partial charge in [0.1, 0.15) is 11.5 Å². The molecule has 1 unspecified atom stereocenters. The van der Waals surface area contributed by atoms with Crippen molar-refractivity contribution in [2.75, 3.05) is 11.9 Å². The van der Waals surface area contributed by atoms with Crippen LogP contribution in [0.15, 0.2) is 18.2 Å². The molecule has 1 aromatic heterocycles. The summed E-state index contributed by atoms with van der Waals surface area (Å²) in [5, 5.41) is 27.8. The Hall–Kier alpha value is -2.19. The Kier molecular flexibility index (Phi) is 4.62. The van der Waals surface area contributed by atoms with Crippen molar-refractivity contribution in [3.05, 3.63) is 50.4 Å². The van der Waals surface area contributed by atoms with E-state index >= 15 is 0 Å². The number of halogens is 2. The summed E-state index contributed by atoms with van der Waals surface area (Å²) in [7, 11) is 1.55. The third-order valence-electron chi connectivity index (χ3n) is 3.16. The van der Waals surface area contributed by atoms with Crippen molar-refractivity contribution in [3.8, 4) is 0 Å². The maximum atomic E-state index is 13.4. The summed E-state index contributed by atoms with van der Waals surface area (Å²) >= 11 is 5.58. The third kappa shape index (κ3) is 3.18. The largest absolute Gasteiger partial charge is 0.387 e. The minimum atomic E-state index is -1.05. The van der Waals surface area contributed by atoms with E-state index in [4.69, 9.17) is 11.6 Å². The quantitative estimate of drug-likeness (QED) is 0.650. The SMILES string of the molecule is Cc1nn(C)c(NCC(O)c2ccc(Cl)c(F)c2)c1[N+](=O)[O-]. The lowest BCUT2D eigenvalue weighted by molar-refractivity contribution is -0.384. The van der Waals surface area contributed by atoms with Crippen molar-refractivity contribution in [3.63, 3.8) is 0 Å². The van der Waals surface area contributed by atoms with Gasteiger partial charge in [-0.3, -0.25) is 10.1 Å². The Morgan fingerprint density at radius 1 is 1.59 bits per heavy atom. The van der Waals surface area contributed by atoms with E-state index in [1.54, 1.807) is 7.05 Å². The summed E-state index contributed by atoms with van der Waals surface area (Å²) in [6, 6.07) is 3.95. The molecule has 0 radical (unpaired) electrons. The second-order valence-corrected chi connectivity index (χ2v) is 5.14. The first-order valence-corrected chi connectivity index (χ1v) is 6.74. The fraction of sp³-hybridized carbons (Fsp3) is 0.308. The second-order valence-electron chi connectivity index (χ2n) is 4.73. The van der Waals surface area contributed by atoms with Gasteiger partial charge in [0.25, 0.3) is 0 Å². The molecule has 22 heavy (non-hydrogen) atoms. The number of benzene rings is 1. The second kappa shape index (κ2) is 6.29. The fourth-order valence-electron chi connectivity index (χ4n) is 2.09. The zero-order valence-electron chi connectivity index (χ0n) is 11.9. The van der Waals surface area contributed by atoms with E-state index in [0.29, 0.717) is 5.56 Å². The van der Waals surface area contributed by atoms with Gasteiger partial charge in [0.05, 0.1) is 16.0 Å². The monoisotopic (exact) mass is 328 g/mol. The molecule has 1 atom stereocenters. The number of rotatable bonds is 5. The van der Waals surface area contributed by atoms with Crippen LogP contribution < -0.4 is 5.32 Å². The van der Waals surface area contributed by atoms with Crippen LogP contribution in [0.5, 0.6) is 0 Å². The van der Waals surface area contributed by atoms with Gasteiger partial charge in [-0.2, -0.15) is 5.10 Å². The average molecular weight is 329 g/mol. The van der Waals surface area contributed by atoms with Gasteiger partial charge in [0.2, 0.25) is 5.82 Å². The molecule has 0 saturated carbocycles. The van der Waals surface area contributed by atoms with Gasteiger partial charge in [0, 0.05) is 13.6 Å². The molecule has 1 aromatic carbocycles. The van der Waals surface area contributed by atoms with Crippen LogP contribution >= 0.6 is 11.6 Å². The van der Waals surface area contributed by atoms with E-state index in [2.05, 4.69) is 10.4 Å². The van der Waals surface area contributed by atoms with Gasteiger partial charge in [-0.1, -0.05) is 17.7 Å². The molecular formula is C13H14ClFN4O3. The smallest absolute Gasteiger partial charge is 0.333 e. The van der Waals surface area contributed by atoms with E-state index in [0.717, 1.165) is 6.07 Å². The molecule has 118 valence electrons. The van der Waals surface area contributed by atoms with Crippen LogP contribution in [0.1, 0.15) is 17.4 Å². The summed E-state index contributed by atoms with van der Waals surface area (Å²) in [6.45, 7) is 1.48. The van der Waals surface area contributed by atoms with Gasteiger partial charge in [0.15, 0.2) is 0 Å². The summed E-state index contributed by atoms with van der Waals surface area (Å²) in [4.78, 5) is 10.5. The van der Waals surface area contributed by atoms with E-state index in [1.807, 2.05) is 0 Å². The summed E-state index contributed by atoms with van der Waals surface area (Å²) in [6.07, 6.45) is -1.05. The van der Waals surface area contributed by atoms with Gasteiger partial charge in [-0.05, 0) is 24.6 Å². The number of aliphatic hydroxyl groups is 1. The summed E-state index contributed by atoms with van der Waals surface area (Å²) in [5.74, 6) is -0.462. The molecule has 0 aliphatic heterocycles. The van der Waals surface area contributed by atoms with Crippen molar-refractivity contribution < 1.29 is 14.4 Å². The molecule has 2 aromatic rings. The molecule has 0 amide bonds. The Balaban J connectivity index is 2.16. The number of nitro groups is 1. The first kappa shape index (κ1) is 16.2. The van der Waals surface area contributed by atoms with Crippen LogP contribution in [-0.2, 0) is 7.05 Å². The van der Waals surface area contributed by atoms with Crippen LogP contribution in [0.4, 0.5) is 15.9 Å². The maximum Gasteiger partial charge on any atom is 0.333 e. The Labute approximate surface area is 130 Å². The van der Waals surface area contributed by atoms with Crippen LogP contribution in [0.25, 0.3) is 0 Å². The van der Waals surface area contributed by atoms with Crippen molar-refractivity contribution in [2.45, 2.75) is 13.0 Å². The maximum absolute atomic E-state index is 13.4. The molecule has 2 N–H and O–H groups in total. The van der Waals surface area contributed by atoms with E-state index < -0.39 is 16.8 Å². The predicted molar refractivity (Wildman–Crippen MR) is 79.5 cm³/mol. The molecule has 0 aliphatic rings. The highest BCUT2D eigenvalue weighted by atomic mass is 35.5. The lowest BCUT2D eigenvalue weighted by Crippen LogP contribution is -2.15. The van der Waals surface area contributed by atoms with Crippen molar-refractivity contribution in [1.82, 2.24) is 9.78 Å². The van der Waals surface area contributed by atoms with E-state index in [-0.39, 0.29) is 28.8 Å². The first-order chi connectivity index (χ1) is 10.3. The molecule has 0 aliphatic carbocycles. The molecule has 0 bridgehead atoms. The zero-order chi connectivity index (χ0) is 16.4.